The summed E-state index contributed by atoms with van der Waals surface area (Å²) < 4.78 is 28.3. The Kier molecular flexibility index (Phi) is 7.82. The number of hydrogen-bond donors (Lipinski definition) is 4. The third-order valence-electron chi connectivity index (χ3n) is 5.96. The molecule has 0 bridgehead atoms. The fraction of sp³-hybridized carbons (Fsp3) is 0.200. The summed E-state index contributed by atoms with van der Waals surface area (Å²) >= 11 is 12.3. The summed E-state index contributed by atoms with van der Waals surface area (Å²) in [5.74, 6) is 0. The van der Waals surface area contributed by atoms with Crippen molar-refractivity contribution in [1.29, 1.82) is 0 Å². The van der Waals surface area contributed by atoms with Gasteiger partial charge in [-0.3, -0.25) is 4.72 Å². The van der Waals surface area contributed by atoms with Crippen LogP contribution in [0.5, 0.6) is 0 Å². The molecule has 1 aliphatic rings. The van der Waals surface area contributed by atoms with Gasteiger partial charge >= 0.3 is 12.1 Å². The van der Waals surface area contributed by atoms with Gasteiger partial charge in [-0.1, -0.05) is 41.4 Å². The Balaban J connectivity index is 1.38. The van der Waals surface area contributed by atoms with E-state index in [9.17, 15) is 18.0 Å². The van der Waals surface area contributed by atoms with Gasteiger partial charge < -0.3 is 20.6 Å². The molecule has 1 heterocycles. The van der Waals surface area contributed by atoms with Crippen LogP contribution in [0.2, 0.25) is 10.0 Å². The molecule has 12 heteroatoms. The van der Waals surface area contributed by atoms with E-state index < -0.39 is 28.2 Å². The molecule has 0 aromatic heterocycles. The quantitative estimate of drug-likeness (QED) is 0.305. The number of hydrogen-bond acceptors (Lipinski definition) is 4. The summed E-state index contributed by atoms with van der Waals surface area (Å²) in [4.78, 5) is 24.9. The number of anilines is 2. The number of fused-ring (bicyclic) bond motifs is 1. The monoisotopic (exact) mass is 562 g/mol. The number of amides is 3. The number of rotatable bonds is 6. The maximum atomic E-state index is 12.9. The van der Waals surface area contributed by atoms with Crippen molar-refractivity contribution < 1.29 is 23.1 Å². The number of urea groups is 1. The average molecular weight is 563 g/mol. The van der Waals surface area contributed by atoms with E-state index in [4.69, 9.17) is 28.3 Å². The molecule has 0 saturated carbocycles. The third kappa shape index (κ3) is 6.27. The second kappa shape index (κ2) is 10.9. The fourth-order valence-corrected chi connectivity index (χ4v) is 5.53. The molecule has 0 unspecified atom stereocenters. The lowest BCUT2D eigenvalue weighted by Gasteiger charge is -2.26. The van der Waals surface area contributed by atoms with Crippen LogP contribution in [0.15, 0.2) is 65.6 Å². The lowest BCUT2D eigenvalue weighted by Crippen LogP contribution is -2.34. The van der Waals surface area contributed by atoms with Gasteiger partial charge in [-0.15, -0.1) is 0 Å². The smallest absolute Gasteiger partial charge is 0.407 e. The first-order valence-electron chi connectivity index (χ1n) is 11.3. The number of carbonyl (C=O) groups excluding carboxylic acids is 1. The Labute approximate surface area is 224 Å². The minimum atomic E-state index is -3.88. The largest absolute Gasteiger partial charge is 0.465 e. The van der Waals surface area contributed by atoms with Crippen LogP contribution in [0.4, 0.5) is 21.0 Å². The van der Waals surface area contributed by atoms with Crippen LogP contribution < -0.4 is 15.4 Å². The normalized spacial score (nSPS) is 13.9. The Hall–Kier alpha value is -3.47. The molecule has 3 amide bonds. The van der Waals surface area contributed by atoms with Crippen molar-refractivity contribution in [2.24, 2.45) is 0 Å². The Morgan fingerprint density at radius 3 is 2.41 bits per heavy atom. The van der Waals surface area contributed by atoms with E-state index in [0.717, 1.165) is 11.1 Å². The number of halogens is 2. The first-order valence-corrected chi connectivity index (χ1v) is 13.5. The van der Waals surface area contributed by atoms with Crippen molar-refractivity contribution in [3.05, 3.63) is 87.4 Å². The van der Waals surface area contributed by atoms with Gasteiger partial charge in [0.25, 0.3) is 10.0 Å². The van der Waals surface area contributed by atoms with Crippen LogP contribution >= 0.6 is 23.2 Å². The van der Waals surface area contributed by atoms with Crippen LogP contribution in [0.1, 0.15) is 29.7 Å². The first-order chi connectivity index (χ1) is 17.5. The minimum Gasteiger partial charge on any atom is -0.465 e. The minimum absolute atomic E-state index is 0.0207. The van der Waals surface area contributed by atoms with Crippen molar-refractivity contribution in [1.82, 2.24) is 10.2 Å². The number of carbonyl (C=O) groups is 2. The van der Waals surface area contributed by atoms with Gasteiger partial charge in [-0.05, 0) is 72.5 Å². The van der Waals surface area contributed by atoms with Crippen LogP contribution in [0.3, 0.4) is 0 Å². The Bertz CT molecular complexity index is 1450. The van der Waals surface area contributed by atoms with Crippen molar-refractivity contribution in [3.8, 4) is 0 Å². The molecule has 3 aromatic rings. The van der Waals surface area contributed by atoms with E-state index in [0.29, 0.717) is 39.9 Å². The van der Waals surface area contributed by atoms with Gasteiger partial charge in [0.05, 0.1) is 21.0 Å². The van der Waals surface area contributed by atoms with E-state index in [1.807, 2.05) is 0 Å². The van der Waals surface area contributed by atoms with Crippen LogP contribution in [0, 0.1) is 0 Å². The predicted molar refractivity (Wildman–Crippen MR) is 143 cm³/mol. The topological polar surface area (TPSA) is 128 Å². The molecule has 37 heavy (non-hydrogen) atoms. The summed E-state index contributed by atoms with van der Waals surface area (Å²) in [7, 11) is -3.88. The second-order valence-corrected chi connectivity index (χ2v) is 11.0. The molecule has 0 spiro atoms. The molecule has 194 valence electrons. The zero-order valence-corrected chi connectivity index (χ0v) is 22.0. The Morgan fingerprint density at radius 2 is 1.70 bits per heavy atom. The highest BCUT2D eigenvalue weighted by Crippen LogP contribution is 2.30. The number of sulfonamides is 1. The lowest BCUT2D eigenvalue weighted by molar-refractivity contribution is 0.140. The summed E-state index contributed by atoms with van der Waals surface area (Å²) in [6, 6.07) is 15.1. The van der Waals surface area contributed by atoms with Crippen LogP contribution in [0.25, 0.3) is 0 Å². The molecule has 9 nitrogen and oxygen atoms in total. The third-order valence-corrected chi connectivity index (χ3v) is 8.19. The summed E-state index contributed by atoms with van der Waals surface area (Å²) in [6.45, 7) is 2.39. The molecule has 0 fully saturated rings. The molecule has 4 N–H and O–H groups in total. The van der Waals surface area contributed by atoms with E-state index in [2.05, 4.69) is 15.4 Å². The lowest BCUT2D eigenvalue weighted by atomic mass is 9.99. The van der Waals surface area contributed by atoms with Gasteiger partial charge in [0, 0.05) is 24.5 Å². The van der Waals surface area contributed by atoms with Crippen molar-refractivity contribution in [2.45, 2.75) is 30.8 Å². The summed E-state index contributed by atoms with van der Waals surface area (Å²) in [6.07, 6.45) is -0.479. The van der Waals surface area contributed by atoms with Crippen LogP contribution in [-0.4, -0.2) is 37.1 Å². The SMILES string of the molecule is C[C@H](NC(=O)Nc1ccc(S(=O)(=O)Nc2ccc3c(c2)CCN(C(=O)O)C3)cc1)c1cccc(Cl)c1Cl. The molecule has 0 radical (unpaired) electrons. The summed E-state index contributed by atoms with van der Waals surface area (Å²) in [5, 5.41) is 15.3. The maximum absolute atomic E-state index is 12.9. The molecule has 4 rings (SSSR count). The number of nitrogens with one attached hydrogen (secondary N) is 3. The molecule has 1 atom stereocenters. The van der Waals surface area contributed by atoms with Crippen molar-refractivity contribution >= 4 is 56.7 Å². The van der Waals surface area contributed by atoms with E-state index in [1.54, 1.807) is 43.3 Å². The second-order valence-electron chi connectivity index (χ2n) is 8.53. The predicted octanol–water partition coefficient (Wildman–Crippen LogP) is 5.71. The molecular weight excluding hydrogens is 539 g/mol. The zero-order chi connectivity index (χ0) is 26.7. The number of nitrogens with zero attached hydrogens (tertiary/aromatic N) is 1. The van der Waals surface area contributed by atoms with Gasteiger partial charge in [0.2, 0.25) is 0 Å². The molecular formula is C25H24Cl2N4O5S. The highest BCUT2D eigenvalue weighted by atomic mass is 35.5. The van der Waals surface area contributed by atoms with Crippen molar-refractivity contribution in [2.75, 3.05) is 16.6 Å². The standard InChI is InChI=1S/C25H24Cl2N4O5S/c1-15(21-3-2-4-22(26)23(21)27)28-24(32)29-18-7-9-20(10-8-18)37(35,36)30-19-6-5-17-14-31(25(33)34)12-11-16(17)13-19/h2-10,13,15,30H,11-12,14H2,1H3,(H,33,34)(H2,28,29,32)/t15-/m0/s1. The average Bonchev–Trinajstić information content (AvgIpc) is 2.85. The fourth-order valence-electron chi connectivity index (χ4n) is 4.01. The van der Waals surface area contributed by atoms with Gasteiger partial charge in [0.1, 0.15) is 0 Å². The van der Waals surface area contributed by atoms with E-state index >= 15 is 0 Å². The molecule has 3 aromatic carbocycles. The molecule has 0 aliphatic carbocycles. The number of benzene rings is 3. The van der Waals surface area contributed by atoms with Gasteiger partial charge in [0.15, 0.2) is 0 Å². The maximum Gasteiger partial charge on any atom is 0.407 e. The first kappa shape index (κ1) is 26.6. The zero-order valence-electron chi connectivity index (χ0n) is 19.7. The van der Waals surface area contributed by atoms with Crippen molar-refractivity contribution in [3.63, 3.8) is 0 Å². The highest BCUT2D eigenvalue weighted by molar-refractivity contribution is 7.92. The van der Waals surface area contributed by atoms with Gasteiger partial charge in [-0.25, -0.2) is 18.0 Å². The van der Waals surface area contributed by atoms with Gasteiger partial charge in [-0.2, -0.15) is 0 Å². The Morgan fingerprint density at radius 1 is 1.00 bits per heavy atom. The van der Waals surface area contributed by atoms with E-state index in [1.165, 1.54) is 29.2 Å². The summed E-state index contributed by atoms with van der Waals surface area (Å²) in [5.41, 5.74) is 3.20. The number of carboxylic acid groups (broad SMARTS) is 1. The van der Waals surface area contributed by atoms with E-state index in [-0.39, 0.29) is 11.4 Å². The van der Waals surface area contributed by atoms with Crippen LogP contribution in [-0.2, 0) is 23.0 Å². The molecule has 0 saturated heterocycles. The highest BCUT2D eigenvalue weighted by Gasteiger charge is 2.21. The molecule has 1 aliphatic heterocycles.